The van der Waals surface area contributed by atoms with Crippen molar-refractivity contribution in [2.24, 2.45) is 29.6 Å². The van der Waals surface area contributed by atoms with Crippen LogP contribution >= 0.6 is 0 Å². The molecule has 1 N–H and O–H groups in total. The van der Waals surface area contributed by atoms with Crippen molar-refractivity contribution in [1.82, 2.24) is 0 Å². The monoisotopic (exact) mass is 152 g/mol. The molecular formula is C8H8O3. The molecule has 0 heterocycles. The van der Waals surface area contributed by atoms with Gasteiger partial charge in [0.15, 0.2) is 0 Å². The van der Waals surface area contributed by atoms with E-state index in [2.05, 4.69) is 0 Å². The fourth-order valence-corrected chi connectivity index (χ4v) is 3.18. The van der Waals surface area contributed by atoms with Crippen LogP contribution in [0.25, 0.3) is 0 Å². The molecule has 3 nitrogen and oxygen atoms in total. The van der Waals surface area contributed by atoms with Crippen molar-refractivity contribution >= 4 is 11.8 Å². The summed E-state index contributed by atoms with van der Waals surface area (Å²) in [7, 11) is 0. The zero-order valence-electron chi connectivity index (χ0n) is 5.86. The molecule has 58 valence electrons. The molecule has 0 saturated heterocycles. The van der Waals surface area contributed by atoms with Gasteiger partial charge in [-0.3, -0.25) is 9.59 Å². The third-order valence-corrected chi connectivity index (χ3v) is 3.58. The number of carboxylic acids is 1. The number of rotatable bonds is 1. The van der Waals surface area contributed by atoms with Crippen LogP contribution in [-0.4, -0.2) is 16.9 Å². The van der Waals surface area contributed by atoms with E-state index in [0.29, 0.717) is 5.92 Å². The van der Waals surface area contributed by atoms with Gasteiger partial charge >= 0.3 is 5.97 Å². The smallest absolute Gasteiger partial charge is 0.307 e. The second kappa shape index (κ2) is 1.36. The van der Waals surface area contributed by atoms with Gasteiger partial charge in [-0.25, -0.2) is 0 Å². The summed E-state index contributed by atoms with van der Waals surface area (Å²) in [6.45, 7) is 0. The van der Waals surface area contributed by atoms with Crippen molar-refractivity contribution < 1.29 is 14.7 Å². The van der Waals surface area contributed by atoms with Gasteiger partial charge in [-0.15, -0.1) is 0 Å². The predicted octanol–water partition coefficient (Wildman–Crippen LogP) is 0.152. The summed E-state index contributed by atoms with van der Waals surface area (Å²) in [4.78, 5) is 21.9. The van der Waals surface area contributed by atoms with E-state index in [1.54, 1.807) is 0 Å². The van der Waals surface area contributed by atoms with Crippen molar-refractivity contribution in [2.45, 2.75) is 6.42 Å². The Hall–Kier alpha value is -0.860. The second-order valence-electron chi connectivity index (χ2n) is 3.88. The lowest BCUT2D eigenvalue weighted by atomic mass is 9.98. The maximum atomic E-state index is 11.2. The summed E-state index contributed by atoms with van der Waals surface area (Å²) in [6, 6.07) is 0. The van der Waals surface area contributed by atoms with E-state index in [-0.39, 0.29) is 29.5 Å². The average Bonchev–Trinajstić information content (AvgIpc) is 2.33. The lowest BCUT2D eigenvalue weighted by Crippen LogP contribution is -2.19. The first-order chi connectivity index (χ1) is 5.22. The highest BCUT2D eigenvalue weighted by Crippen LogP contribution is 2.71. The number of hydrogen-bond donors (Lipinski definition) is 1. The summed E-state index contributed by atoms with van der Waals surface area (Å²) < 4.78 is 0. The molecule has 4 rings (SSSR count). The Kier molecular flexibility index (Phi) is 0.708. The molecule has 4 unspecified atom stereocenters. The Morgan fingerprint density at radius 2 is 2.27 bits per heavy atom. The first kappa shape index (κ1) is 5.75. The van der Waals surface area contributed by atoms with E-state index in [1.807, 2.05) is 0 Å². The average molecular weight is 152 g/mol. The maximum Gasteiger partial charge on any atom is 0.307 e. The van der Waals surface area contributed by atoms with Crippen LogP contribution in [0.15, 0.2) is 0 Å². The van der Waals surface area contributed by atoms with Gasteiger partial charge in [-0.2, -0.15) is 0 Å². The second-order valence-corrected chi connectivity index (χ2v) is 3.88. The minimum Gasteiger partial charge on any atom is -0.481 e. The number of Topliss-reactive ketones (excluding diaryl/α,β-unsaturated/α-hetero) is 1. The molecule has 4 aliphatic carbocycles. The highest BCUT2D eigenvalue weighted by molar-refractivity contribution is 5.98. The molecule has 11 heavy (non-hydrogen) atoms. The van der Waals surface area contributed by atoms with E-state index in [4.69, 9.17) is 5.11 Å². The molecule has 0 aromatic carbocycles. The van der Waals surface area contributed by atoms with Gasteiger partial charge in [0.2, 0.25) is 0 Å². The topological polar surface area (TPSA) is 54.4 Å². The molecule has 4 aliphatic rings. The Balaban J connectivity index is 2.03. The van der Waals surface area contributed by atoms with Gasteiger partial charge in [-0.05, 0) is 18.3 Å². The van der Waals surface area contributed by atoms with Gasteiger partial charge in [0.25, 0.3) is 0 Å². The first-order valence-corrected chi connectivity index (χ1v) is 3.98. The molecule has 4 fully saturated rings. The van der Waals surface area contributed by atoms with Gasteiger partial charge < -0.3 is 5.11 Å². The van der Waals surface area contributed by atoms with Crippen LogP contribution in [0, 0.1) is 29.6 Å². The lowest BCUT2D eigenvalue weighted by Gasteiger charge is -2.05. The molecule has 3 heteroatoms. The predicted molar refractivity (Wildman–Crippen MR) is 34.7 cm³/mol. The highest BCUT2D eigenvalue weighted by atomic mass is 16.4. The largest absolute Gasteiger partial charge is 0.481 e. The third kappa shape index (κ3) is 0.424. The van der Waals surface area contributed by atoms with Crippen LogP contribution in [0.2, 0.25) is 0 Å². The molecule has 4 saturated carbocycles. The molecule has 0 aromatic heterocycles. The van der Waals surface area contributed by atoms with Crippen molar-refractivity contribution in [3.63, 3.8) is 0 Å². The van der Waals surface area contributed by atoms with Gasteiger partial charge in [0, 0.05) is 11.8 Å². The molecular weight excluding hydrogens is 144 g/mol. The zero-order valence-corrected chi connectivity index (χ0v) is 5.86. The van der Waals surface area contributed by atoms with Crippen molar-refractivity contribution in [3.8, 4) is 0 Å². The van der Waals surface area contributed by atoms with Crippen LogP contribution in [0.1, 0.15) is 6.42 Å². The fourth-order valence-electron chi connectivity index (χ4n) is 3.18. The van der Waals surface area contributed by atoms with Crippen LogP contribution < -0.4 is 0 Å². The minimum absolute atomic E-state index is 0.104. The first-order valence-electron chi connectivity index (χ1n) is 3.98. The summed E-state index contributed by atoms with van der Waals surface area (Å²) in [6.07, 6.45) is 0.866. The van der Waals surface area contributed by atoms with E-state index < -0.39 is 5.97 Å². The Labute approximate surface area is 63.4 Å². The van der Waals surface area contributed by atoms with Crippen molar-refractivity contribution in [1.29, 1.82) is 0 Å². The SMILES string of the molecule is O=C1C2C3CC1[C@@H](C(=O)O)C32. The fraction of sp³-hybridized carbons (Fsp3) is 0.750. The molecule has 5 atom stereocenters. The molecule has 0 amide bonds. The highest BCUT2D eigenvalue weighted by Gasteiger charge is 2.75. The molecule has 0 aliphatic heterocycles. The van der Waals surface area contributed by atoms with Gasteiger partial charge in [0.05, 0.1) is 5.92 Å². The Bertz CT molecular complexity index is 271. The van der Waals surface area contributed by atoms with E-state index in [0.717, 1.165) is 6.42 Å². The number of carbonyl (C=O) groups is 2. The van der Waals surface area contributed by atoms with Crippen LogP contribution in [-0.2, 0) is 9.59 Å². The van der Waals surface area contributed by atoms with Gasteiger partial charge in [0.1, 0.15) is 5.78 Å². The third-order valence-electron chi connectivity index (χ3n) is 3.58. The van der Waals surface area contributed by atoms with E-state index >= 15 is 0 Å². The summed E-state index contributed by atoms with van der Waals surface area (Å²) in [5.41, 5.74) is 0. The number of hydrogen-bond acceptors (Lipinski definition) is 2. The normalized spacial score (nSPS) is 56.7. The lowest BCUT2D eigenvalue weighted by molar-refractivity contribution is -0.144. The van der Waals surface area contributed by atoms with E-state index in [1.165, 1.54) is 0 Å². The zero-order chi connectivity index (χ0) is 7.75. The standard InChI is InChI=1S/C8H8O3/c9-7-3-1-2-4(5(2)7)6(3)8(10)11/h2-6H,1H2,(H,10,11)/t2?,3?,4?,5?,6-/m1/s1. The summed E-state index contributed by atoms with van der Waals surface area (Å²) in [5.74, 6) is -0.0482. The molecule has 0 aromatic rings. The van der Waals surface area contributed by atoms with Crippen LogP contribution in [0.4, 0.5) is 0 Å². The quantitative estimate of drug-likeness (QED) is 0.582. The van der Waals surface area contributed by atoms with Crippen molar-refractivity contribution in [2.75, 3.05) is 0 Å². The summed E-state index contributed by atoms with van der Waals surface area (Å²) >= 11 is 0. The van der Waals surface area contributed by atoms with Crippen LogP contribution in [0.5, 0.6) is 0 Å². The number of aliphatic carboxylic acids is 1. The number of carboxylic acid groups (broad SMARTS) is 1. The van der Waals surface area contributed by atoms with Crippen molar-refractivity contribution in [3.05, 3.63) is 0 Å². The summed E-state index contributed by atoms with van der Waals surface area (Å²) in [5, 5.41) is 8.77. The Morgan fingerprint density at radius 1 is 1.55 bits per heavy atom. The Morgan fingerprint density at radius 3 is 2.45 bits per heavy atom. The van der Waals surface area contributed by atoms with E-state index in [9.17, 15) is 9.59 Å². The molecule has 4 bridgehead atoms. The number of carbonyl (C=O) groups excluding carboxylic acids is 1. The molecule has 0 radical (unpaired) electrons. The number of ketones is 1. The van der Waals surface area contributed by atoms with Gasteiger partial charge in [-0.1, -0.05) is 0 Å². The molecule has 0 spiro atoms. The van der Waals surface area contributed by atoms with Crippen LogP contribution in [0.3, 0.4) is 0 Å². The minimum atomic E-state index is -0.754. The maximum absolute atomic E-state index is 11.2.